The molecule has 1 aromatic carbocycles. The molecule has 1 fully saturated rings. The van der Waals surface area contributed by atoms with Crippen molar-refractivity contribution >= 4 is 28.5 Å². The van der Waals surface area contributed by atoms with Crippen LogP contribution in [0.2, 0.25) is 0 Å². The maximum atomic E-state index is 9.75. The minimum Gasteiger partial charge on any atom is -0.389 e. The maximum Gasteiger partial charge on any atom is 0.229 e. The van der Waals surface area contributed by atoms with Gasteiger partial charge in [0, 0.05) is 49.6 Å². The van der Waals surface area contributed by atoms with Gasteiger partial charge in [0.2, 0.25) is 5.95 Å². The molecule has 0 bridgehead atoms. The highest BCUT2D eigenvalue weighted by molar-refractivity contribution is 5.78. The largest absolute Gasteiger partial charge is 0.389 e. The van der Waals surface area contributed by atoms with Crippen molar-refractivity contribution in [3.63, 3.8) is 0 Å². The second-order valence-corrected chi connectivity index (χ2v) is 8.25. The summed E-state index contributed by atoms with van der Waals surface area (Å²) in [5, 5.41) is 14.0. The number of nitrogens with one attached hydrogen (secondary N) is 1. The molecule has 0 saturated carbocycles. The predicted molar refractivity (Wildman–Crippen MR) is 127 cm³/mol. The molecule has 32 heavy (non-hydrogen) atoms. The molecule has 1 saturated heterocycles. The maximum absolute atomic E-state index is 9.75. The van der Waals surface area contributed by atoms with Crippen LogP contribution >= 0.6 is 0 Å². The number of fused-ring (bicyclic) bond motifs is 1. The second kappa shape index (κ2) is 8.57. The zero-order chi connectivity index (χ0) is 22.1. The molecular weight excluding hydrogens is 402 g/mol. The van der Waals surface area contributed by atoms with Crippen molar-refractivity contribution in [3.8, 4) is 5.69 Å². The summed E-state index contributed by atoms with van der Waals surface area (Å²) in [7, 11) is 2.15. The Morgan fingerprint density at radius 1 is 0.938 bits per heavy atom. The molecule has 0 radical (unpaired) electrons. The van der Waals surface area contributed by atoms with Gasteiger partial charge in [0.05, 0.1) is 18.0 Å². The van der Waals surface area contributed by atoms with Crippen LogP contribution in [0, 0.1) is 0 Å². The van der Waals surface area contributed by atoms with Gasteiger partial charge in [-0.15, -0.1) is 0 Å². The summed E-state index contributed by atoms with van der Waals surface area (Å²) in [4.78, 5) is 18.5. The van der Waals surface area contributed by atoms with Crippen LogP contribution in [0.5, 0.6) is 0 Å². The summed E-state index contributed by atoms with van der Waals surface area (Å²) >= 11 is 0. The van der Waals surface area contributed by atoms with Gasteiger partial charge in [0.15, 0.2) is 0 Å². The number of benzene rings is 1. The van der Waals surface area contributed by atoms with Crippen LogP contribution in [-0.4, -0.2) is 62.8 Å². The van der Waals surface area contributed by atoms with Crippen LogP contribution < -0.4 is 10.2 Å². The zero-order valence-electron chi connectivity index (χ0n) is 18.3. The number of anilines is 3. The molecule has 0 spiro atoms. The third-order valence-electron chi connectivity index (χ3n) is 5.91. The van der Waals surface area contributed by atoms with Crippen LogP contribution in [-0.2, 0) is 0 Å². The Labute approximate surface area is 187 Å². The van der Waals surface area contributed by atoms with E-state index in [-0.39, 0.29) is 0 Å². The lowest BCUT2D eigenvalue weighted by Gasteiger charge is -2.33. The molecule has 4 heterocycles. The van der Waals surface area contributed by atoms with E-state index in [1.54, 1.807) is 6.92 Å². The van der Waals surface area contributed by atoms with Gasteiger partial charge in [0.25, 0.3) is 0 Å². The molecule has 2 N–H and O–H groups in total. The van der Waals surface area contributed by atoms with Gasteiger partial charge in [-0.05, 0) is 49.9 Å². The van der Waals surface area contributed by atoms with E-state index in [2.05, 4.69) is 32.1 Å². The lowest BCUT2D eigenvalue weighted by molar-refractivity contribution is 0.199. The minimum absolute atomic E-state index is 0.486. The number of hydrogen-bond donors (Lipinski definition) is 2. The molecule has 0 aliphatic carbocycles. The molecule has 8 nitrogen and oxygen atoms in total. The van der Waals surface area contributed by atoms with Gasteiger partial charge >= 0.3 is 0 Å². The molecule has 1 aliphatic rings. The highest BCUT2D eigenvalue weighted by atomic mass is 16.3. The number of likely N-dealkylation sites (N-methyl/N-ethyl adjacent to an activating group) is 1. The van der Waals surface area contributed by atoms with Gasteiger partial charge in [0.1, 0.15) is 11.5 Å². The molecule has 8 heteroatoms. The van der Waals surface area contributed by atoms with Gasteiger partial charge < -0.3 is 24.8 Å². The number of hydrogen-bond acceptors (Lipinski definition) is 7. The van der Waals surface area contributed by atoms with Crippen LogP contribution in [0.15, 0.2) is 61.1 Å². The van der Waals surface area contributed by atoms with Crippen molar-refractivity contribution in [1.29, 1.82) is 0 Å². The summed E-state index contributed by atoms with van der Waals surface area (Å²) in [6.45, 7) is 5.85. The fraction of sp³-hybridized carbons (Fsp3) is 0.292. The highest BCUT2D eigenvalue weighted by Crippen LogP contribution is 2.23. The van der Waals surface area contributed by atoms with E-state index in [1.165, 1.54) is 0 Å². The second-order valence-electron chi connectivity index (χ2n) is 8.25. The van der Waals surface area contributed by atoms with Crippen molar-refractivity contribution in [2.75, 3.05) is 43.4 Å². The quantitative estimate of drug-likeness (QED) is 0.503. The minimum atomic E-state index is -0.486. The van der Waals surface area contributed by atoms with E-state index in [1.807, 2.05) is 65.6 Å². The third-order valence-corrected chi connectivity index (χ3v) is 5.91. The van der Waals surface area contributed by atoms with E-state index in [9.17, 15) is 5.11 Å². The van der Waals surface area contributed by atoms with Crippen LogP contribution in [0.4, 0.5) is 17.5 Å². The number of piperazine rings is 1. The smallest absolute Gasteiger partial charge is 0.229 e. The van der Waals surface area contributed by atoms with Gasteiger partial charge in [-0.1, -0.05) is 12.1 Å². The molecular formula is C24H27N7O. The number of rotatable bonds is 5. The number of aromatic nitrogens is 4. The van der Waals surface area contributed by atoms with Crippen molar-refractivity contribution in [2.24, 2.45) is 0 Å². The molecule has 164 valence electrons. The molecule has 1 aliphatic heterocycles. The fourth-order valence-electron chi connectivity index (χ4n) is 3.91. The number of aliphatic hydroxyl groups is 1. The van der Waals surface area contributed by atoms with Crippen LogP contribution in [0.3, 0.4) is 0 Å². The molecule has 3 aromatic heterocycles. The Balaban J connectivity index is 1.35. The molecule has 4 aromatic rings. The number of nitrogens with zero attached hydrogens (tertiary/aromatic N) is 6. The average Bonchev–Trinajstić information content (AvgIpc) is 3.23. The Kier molecular flexibility index (Phi) is 5.46. The Morgan fingerprint density at radius 2 is 1.72 bits per heavy atom. The molecule has 0 amide bonds. The number of pyridine rings is 1. The molecule has 5 rings (SSSR count). The first-order chi connectivity index (χ1) is 15.6. The first-order valence-electron chi connectivity index (χ1n) is 10.9. The zero-order valence-corrected chi connectivity index (χ0v) is 18.3. The topological polar surface area (TPSA) is 82.3 Å². The van der Waals surface area contributed by atoms with Crippen LogP contribution in [0.1, 0.15) is 18.6 Å². The Morgan fingerprint density at radius 3 is 2.41 bits per heavy atom. The predicted octanol–water partition coefficient (Wildman–Crippen LogP) is 3.36. The van der Waals surface area contributed by atoms with E-state index in [0.717, 1.165) is 60.0 Å². The van der Waals surface area contributed by atoms with Crippen molar-refractivity contribution < 1.29 is 5.11 Å². The monoisotopic (exact) mass is 429 g/mol. The first kappa shape index (κ1) is 20.4. The van der Waals surface area contributed by atoms with Crippen molar-refractivity contribution in [1.82, 2.24) is 24.4 Å². The molecule has 1 atom stereocenters. The van der Waals surface area contributed by atoms with E-state index in [4.69, 9.17) is 4.98 Å². The average molecular weight is 430 g/mol. The lowest BCUT2D eigenvalue weighted by atomic mass is 10.1. The fourth-order valence-corrected chi connectivity index (χ4v) is 3.91. The summed E-state index contributed by atoms with van der Waals surface area (Å²) in [5.41, 5.74) is 3.53. The van der Waals surface area contributed by atoms with Gasteiger partial charge in [-0.25, -0.2) is 9.97 Å². The summed E-state index contributed by atoms with van der Waals surface area (Å²) < 4.78 is 2.02. The Hall–Kier alpha value is -3.49. The first-order valence-corrected chi connectivity index (χ1v) is 10.9. The van der Waals surface area contributed by atoms with E-state index < -0.39 is 6.10 Å². The van der Waals surface area contributed by atoms with Crippen LogP contribution in [0.25, 0.3) is 16.7 Å². The summed E-state index contributed by atoms with van der Waals surface area (Å²) in [6.07, 6.45) is 5.14. The van der Waals surface area contributed by atoms with Gasteiger partial charge in [-0.3, -0.25) is 0 Å². The summed E-state index contributed by atoms with van der Waals surface area (Å²) in [6, 6.07) is 13.9. The standard InChI is InChI=1S/C24H27N7O/c1-17(32)18-3-6-21(7-4-18)31-10-9-19-15-26-24(28-23(19)31)27-20-5-8-22(25-16-20)30-13-11-29(2)12-14-30/h3-10,15-17,32H,11-14H2,1-2H3,(H,26,27,28). The van der Waals surface area contributed by atoms with Crippen molar-refractivity contribution in [3.05, 3.63) is 66.6 Å². The Bertz CT molecular complexity index is 1190. The lowest BCUT2D eigenvalue weighted by Crippen LogP contribution is -2.44. The number of aliphatic hydroxyl groups excluding tert-OH is 1. The SMILES string of the molecule is CC(O)c1ccc(-n2ccc3cnc(Nc4ccc(N5CCN(C)CC5)nc4)nc32)cc1. The normalized spacial score (nSPS) is 15.8. The highest BCUT2D eigenvalue weighted by Gasteiger charge is 2.15. The molecule has 1 unspecified atom stereocenters. The third kappa shape index (κ3) is 4.15. The van der Waals surface area contributed by atoms with Crippen molar-refractivity contribution in [2.45, 2.75) is 13.0 Å². The van der Waals surface area contributed by atoms with Gasteiger partial charge in [-0.2, -0.15) is 4.98 Å². The summed E-state index contributed by atoms with van der Waals surface area (Å²) in [5.74, 6) is 1.52. The van der Waals surface area contributed by atoms with E-state index in [0.29, 0.717) is 5.95 Å². The van der Waals surface area contributed by atoms with E-state index >= 15 is 0 Å².